The largest absolute Gasteiger partial charge is 0.493 e. The molecule has 4 rings (SSSR count). The van der Waals surface area contributed by atoms with E-state index in [4.69, 9.17) is 14.2 Å². The van der Waals surface area contributed by atoms with Crippen LogP contribution in [-0.4, -0.2) is 47.3 Å². The van der Waals surface area contributed by atoms with Crippen LogP contribution in [0, 0.1) is 0 Å². The Morgan fingerprint density at radius 2 is 1.72 bits per heavy atom. The molecule has 0 fully saturated rings. The van der Waals surface area contributed by atoms with Gasteiger partial charge in [-0.3, -0.25) is 0 Å². The van der Waals surface area contributed by atoms with Gasteiger partial charge in [-0.25, -0.2) is 5.43 Å². The molecule has 0 aliphatic rings. The number of benzene rings is 2. The number of fused-ring (bicyclic) bond motifs is 3. The number of nitrogens with zero attached hydrogens (tertiary/aromatic N) is 5. The molecule has 2 aromatic carbocycles. The lowest BCUT2D eigenvalue weighted by molar-refractivity contribution is 0.324. The van der Waals surface area contributed by atoms with E-state index < -0.39 is 0 Å². The topological polar surface area (TPSA) is 95.7 Å². The first kappa shape index (κ1) is 18.5. The Morgan fingerprint density at radius 3 is 2.41 bits per heavy atom. The zero-order valence-corrected chi connectivity index (χ0v) is 16.5. The molecular formula is C20H20N6O3. The van der Waals surface area contributed by atoms with E-state index in [0.29, 0.717) is 23.2 Å². The van der Waals surface area contributed by atoms with E-state index in [-0.39, 0.29) is 0 Å². The summed E-state index contributed by atoms with van der Waals surface area (Å²) in [5, 5.41) is 13.7. The van der Waals surface area contributed by atoms with Gasteiger partial charge in [-0.05, 0) is 18.2 Å². The lowest BCUT2D eigenvalue weighted by atomic mass is 10.2. The average molecular weight is 392 g/mol. The molecule has 0 spiro atoms. The molecule has 0 saturated heterocycles. The smallest absolute Gasteiger partial charge is 0.265 e. The standard InChI is InChI=1S/C20H20N6O3/c1-26-14-8-6-5-7-13(14)17-19(26)22-20(25-23-17)24-21-11-12-9-15(27-2)18(29-4)16(10-12)28-3/h5-11H,1-4H3,(H,22,24,25)/b21-11+. The number of aryl methyl sites for hydroxylation is 1. The van der Waals surface area contributed by atoms with Gasteiger partial charge in [-0.1, -0.05) is 18.2 Å². The van der Waals surface area contributed by atoms with Crippen LogP contribution in [0.3, 0.4) is 0 Å². The summed E-state index contributed by atoms with van der Waals surface area (Å²) in [7, 11) is 6.63. The highest BCUT2D eigenvalue weighted by molar-refractivity contribution is 6.04. The highest BCUT2D eigenvalue weighted by Crippen LogP contribution is 2.37. The van der Waals surface area contributed by atoms with Gasteiger partial charge in [0.05, 0.1) is 33.1 Å². The van der Waals surface area contributed by atoms with Crippen molar-refractivity contribution in [2.45, 2.75) is 0 Å². The molecular weight excluding hydrogens is 372 g/mol. The van der Waals surface area contributed by atoms with Crippen LogP contribution in [0.5, 0.6) is 17.2 Å². The predicted octanol–water partition coefficient (Wildman–Crippen LogP) is 2.99. The Morgan fingerprint density at radius 1 is 1.00 bits per heavy atom. The Bertz CT molecular complexity index is 1190. The number of anilines is 1. The average Bonchev–Trinajstić information content (AvgIpc) is 3.05. The molecule has 2 aromatic heterocycles. The molecule has 0 bridgehead atoms. The van der Waals surface area contributed by atoms with Gasteiger partial charge < -0.3 is 18.8 Å². The Kier molecular flexibility index (Phi) is 4.86. The van der Waals surface area contributed by atoms with Crippen molar-refractivity contribution >= 4 is 34.2 Å². The molecule has 0 amide bonds. The Labute approximate surface area is 166 Å². The van der Waals surface area contributed by atoms with E-state index in [2.05, 4.69) is 25.7 Å². The summed E-state index contributed by atoms with van der Waals surface area (Å²) in [6, 6.07) is 11.6. The van der Waals surface area contributed by atoms with Crippen molar-refractivity contribution in [2.75, 3.05) is 26.8 Å². The molecule has 9 nitrogen and oxygen atoms in total. The van der Waals surface area contributed by atoms with Crippen molar-refractivity contribution in [3.8, 4) is 17.2 Å². The number of nitrogens with one attached hydrogen (secondary N) is 1. The van der Waals surface area contributed by atoms with Crippen LogP contribution in [0.4, 0.5) is 5.95 Å². The van der Waals surface area contributed by atoms with E-state index in [1.165, 1.54) is 0 Å². The molecule has 2 heterocycles. The molecule has 9 heteroatoms. The lowest BCUT2D eigenvalue weighted by Gasteiger charge is -2.12. The Hall–Kier alpha value is -3.88. The summed E-state index contributed by atoms with van der Waals surface area (Å²) in [6.07, 6.45) is 1.61. The SMILES string of the molecule is COc1cc(/C=N/Nc2nnc3c4ccccc4n(C)c3n2)cc(OC)c1OC. The number of hydrogen-bond acceptors (Lipinski definition) is 8. The molecule has 0 saturated carbocycles. The zero-order valence-electron chi connectivity index (χ0n) is 16.5. The maximum absolute atomic E-state index is 5.35. The molecule has 0 atom stereocenters. The maximum atomic E-state index is 5.35. The zero-order chi connectivity index (χ0) is 20.4. The van der Waals surface area contributed by atoms with Crippen LogP contribution < -0.4 is 19.6 Å². The molecule has 148 valence electrons. The first-order valence-corrected chi connectivity index (χ1v) is 8.83. The highest BCUT2D eigenvalue weighted by atomic mass is 16.5. The number of hydrogen-bond donors (Lipinski definition) is 1. The third kappa shape index (κ3) is 3.27. The minimum atomic E-state index is 0.298. The van der Waals surface area contributed by atoms with Crippen molar-refractivity contribution < 1.29 is 14.2 Å². The van der Waals surface area contributed by atoms with Gasteiger partial charge in [0.2, 0.25) is 5.75 Å². The van der Waals surface area contributed by atoms with E-state index in [1.807, 2.05) is 35.9 Å². The summed E-state index contributed by atoms with van der Waals surface area (Å²) < 4.78 is 18.0. The first-order chi connectivity index (χ1) is 14.2. The lowest BCUT2D eigenvalue weighted by Crippen LogP contribution is -2.01. The normalized spacial score (nSPS) is 11.3. The second-order valence-electron chi connectivity index (χ2n) is 6.21. The third-order valence-electron chi connectivity index (χ3n) is 4.57. The summed E-state index contributed by atoms with van der Waals surface area (Å²) in [5.41, 5.74) is 6.10. The Balaban J connectivity index is 1.62. The van der Waals surface area contributed by atoms with Gasteiger partial charge in [-0.15, -0.1) is 10.2 Å². The second-order valence-corrected chi connectivity index (χ2v) is 6.21. The van der Waals surface area contributed by atoms with Crippen LogP contribution >= 0.6 is 0 Å². The van der Waals surface area contributed by atoms with Crippen LogP contribution in [0.1, 0.15) is 5.56 Å². The monoisotopic (exact) mass is 392 g/mol. The quantitative estimate of drug-likeness (QED) is 0.398. The predicted molar refractivity (Wildman–Crippen MR) is 111 cm³/mol. The van der Waals surface area contributed by atoms with E-state index in [9.17, 15) is 0 Å². The van der Waals surface area contributed by atoms with Gasteiger partial charge in [0.25, 0.3) is 5.95 Å². The van der Waals surface area contributed by atoms with Crippen molar-refractivity contribution in [2.24, 2.45) is 12.1 Å². The van der Waals surface area contributed by atoms with Gasteiger partial charge in [0.1, 0.15) is 5.52 Å². The minimum Gasteiger partial charge on any atom is -0.493 e. The first-order valence-electron chi connectivity index (χ1n) is 8.83. The van der Waals surface area contributed by atoms with Crippen LogP contribution in [-0.2, 0) is 7.05 Å². The van der Waals surface area contributed by atoms with Crippen LogP contribution in [0.15, 0.2) is 41.5 Å². The van der Waals surface area contributed by atoms with E-state index in [1.54, 1.807) is 39.7 Å². The molecule has 0 aliphatic heterocycles. The molecule has 0 radical (unpaired) electrons. The van der Waals surface area contributed by atoms with Crippen molar-refractivity contribution in [3.05, 3.63) is 42.0 Å². The fraction of sp³-hybridized carbons (Fsp3) is 0.200. The highest BCUT2D eigenvalue weighted by Gasteiger charge is 2.13. The number of aromatic nitrogens is 4. The number of hydrazone groups is 1. The van der Waals surface area contributed by atoms with Crippen molar-refractivity contribution in [1.82, 2.24) is 19.7 Å². The number of ether oxygens (including phenoxy) is 3. The molecule has 0 unspecified atom stereocenters. The van der Waals surface area contributed by atoms with Gasteiger partial charge in [0, 0.05) is 18.0 Å². The van der Waals surface area contributed by atoms with Gasteiger partial charge in [0.15, 0.2) is 17.1 Å². The number of rotatable bonds is 6. The van der Waals surface area contributed by atoms with Crippen molar-refractivity contribution in [3.63, 3.8) is 0 Å². The third-order valence-corrected chi connectivity index (χ3v) is 4.57. The molecule has 29 heavy (non-hydrogen) atoms. The van der Waals surface area contributed by atoms with Gasteiger partial charge in [-0.2, -0.15) is 10.1 Å². The van der Waals surface area contributed by atoms with Crippen molar-refractivity contribution in [1.29, 1.82) is 0 Å². The van der Waals surface area contributed by atoms with E-state index >= 15 is 0 Å². The van der Waals surface area contributed by atoms with E-state index in [0.717, 1.165) is 27.6 Å². The number of methoxy groups -OCH3 is 3. The summed E-state index contributed by atoms with van der Waals surface area (Å²) in [5.74, 6) is 1.91. The summed E-state index contributed by atoms with van der Waals surface area (Å²) in [4.78, 5) is 4.53. The maximum Gasteiger partial charge on any atom is 0.265 e. The summed E-state index contributed by atoms with van der Waals surface area (Å²) in [6.45, 7) is 0. The van der Waals surface area contributed by atoms with Gasteiger partial charge >= 0.3 is 0 Å². The fourth-order valence-electron chi connectivity index (χ4n) is 3.19. The minimum absolute atomic E-state index is 0.298. The second kappa shape index (κ2) is 7.63. The molecule has 1 N–H and O–H groups in total. The number of para-hydroxylation sites is 1. The molecule has 4 aromatic rings. The van der Waals surface area contributed by atoms with Crippen LogP contribution in [0.2, 0.25) is 0 Å². The van der Waals surface area contributed by atoms with Crippen LogP contribution in [0.25, 0.3) is 22.1 Å². The summed E-state index contributed by atoms with van der Waals surface area (Å²) >= 11 is 0. The molecule has 0 aliphatic carbocycles. The fourth-order valence-corrected chi connectivity index (χ4v) is 3.19.